The highest BCUT2D eigenvalue weighted by Gasteiger charge is 2.25. The maximum Gasteiger partial charge on any atom is 0.407 e. The normalized spacial score (nSPS) is 20.2. The van der Waals surface area contributed by atoms with Gasteiger partial charge in [0, 0.05) is 17.8 Å². The standard InChI is InChI=1S/C20H30N2O4/c1-13-16(18(23)25-5)7-6-8-17(13)21-14-9-11-15(12-10-14)22-19(24)26-20(2,3)4/h6-8,14-15,21H,9-12H2,1-5H3,(H,22,24). The van der Waals surface area contributed by atoms with Crippen molar-refractivity contribution in [3.63, 3.8) is 0 Å². The summed E-state index contributed by atoms with van der Waals surface area (Å²) in [6, 6.07) is 6.07. The van der Waals surface area contributed by atoms with Gasteiger partial charge in [0.15, 0.2) is 0 Å². The zero-order valence-electron chi connectivity index (χ0n) is 16.3. The number of rotatable bonds is 4. The number of methoxy groups -OCH3 is 1. The average Bonchev–Trinajstić information content (AvgIpc) is 2.56. The van der Waals surface area contributed by atoms with Gasteiger partial charge >= 0.3 is 12.1 Å². The predicted molar refractivity (Wildman–Crippen MR) is 102 cm³/mol. The summed E-state index contributed by atoms with van der Waals surface area (Å²) in [5, 5.41) is 6.48. The molecule has 1 aliphatic rings. The van der Waals surface area contributed by atoms with Crippen LogP contribution in [-0.2, 0) is 9.47 Å². The molecular formula is C20H30N2O4. The molecule has 0 aliphatic heterocycles. The van der Waals surface area contributed by atoms with E-state index in [1.165, 1.54) is 7.11 Å². The number of anilines is 1. The van der Waals surface area contributed by atoms with Crippen LogP contribution in [-0.4, -0.2) is 36.9 Å². The van der Waals surface area contributed by atoms with Gasteiger partial charge in [-0.1, -0.05) is 6.07 Å². The number of benzene rings is 1. The number of ether oxygens (including phenoxy) is 2. The summed E-state index contributed by atoms with van der Waals surface area (Å²) < 4.78 is 10.1. The molecule has 0 saturated heterocycles. The zero-order chi connectivity index (χ0) is 19.3. The highest BCUT2D eigenvalue weighted by Crippen LogP contribution is 2.26. The Morgan fingerprint density at radius 1 is 1.08 bits per heavy atom. The molecule has 0 heterocycles. The summed E-state index contributed by atoms with van der Waals surface area (Å²) in [5.74, 6) is -0.323. The molecule has 1 saturated carbocycles. The molecule has 1 amide bonds. The molecular weight excluding hydrogens is 332 g/mol. The van der Waals surface area contributed by atoms with Crippen molar-refractivity contribution >= 4 is 17.7 Å². The van der Waals surface area contributed by atoms with Crippen LogP contribution in [0.1, 0.15) is 62.4 Å². The van der Waals surface area contributed by atoms with Crippen molar-refractivity contribution in [2.45, 2.75) is 71.1 Å². The Labute approximate surface area is 155 Å². The van der Waals surface area contributed by atoms with E-state index in [1.54, 1.807) is 6.07 Å². The Morgan fingerprint density at radius 2 is 1.69 bits per heavy atom. The van der Waals surface area contributed by atoms with Gasteiger partial charge in [0.25, 0.3) is 0 Å². The molecule has 1 aromatic rings. The lowest BCUT2D eigenvalue weighted by Gasteiger charge is -2.31. The number of nitrogens with one attached hydrogen (secondary N) is 2. The maximum atomic E-state index is 11.9. The summed E-state index contributed by atoms with van der Waals surface area (Å²) in [4.78, 5) is 23.7. The van der Waals surface area contributed by atoms with E-state index >= 15 is 0 Å². The fourth-order valence-corrected chi connectivity index (χ4v) is 3.20. The Bertz CT molecular complexity index is 644. The van der Waals surface area contributed by atoms with E-state index in [1.807, 2.05) is 39.8 Å². The lowest BCUT2D eigenvalue weighted by Crippen LogP contribution is -2.42. The molecule has 26 heavy (non-hydrogen) atoms. The van der Waals surface area contributed by atoms with Crippen LogP contribution in [0.4, 0.5) is 10.5 Å². The molecule has 6 nitrogen and oxygen atoms in total. The van der Waals surface area contributed by atoms with Crippen LogP contribution >= 0.6 is 0 Å². The molecule has 0 bridgehead atoms. The molecule has 2 rings (SSSR count). The molecule has 6 heteroatoms. The van der Waals surface area contributed by atoms with Crippen LogP contribution in [0, 0.1) is 6.92 Å². The van der Waals surface area contributed by atoms with Gasteiger partial charge in [-0.05, 0) is 71.1 Å². The molecule has 144 valence electrons. The minimum Gasteiger partial charge on any atom is -0.465 e. The summed E-state index contributed by atoms with van der Waals surface area (Å²) in [6.45, 7) is 7.50. The van der Waals surface area contributed by atoms with Crippen LogP contribution < -0.4 is 10.6 Å². The molecule has 0 unspecified atom stereocenters. The van der Waals surface area contributed by atoms with Crippen LogP contribution in [0.25, 0.3) is 0 Å². The summed E-state index contributed by atoms with van der Waals surface area (Å²) in [7, 11) is 1.39. The van der Waals surface area contributed by atoms with Gasteiger partial charge in [0.2, 0.25) is 0 Å². The van der Waals surface area contributed by atoms with E-state index < -0.39 is 5.60 Å². The lowest BCUT2D eigenvalue weighted by molar-refractivity contribution is 0.0491. The van der Waals surface area contributed by atoms with Crippen LogP contribution in [0.15, 0.2) is 18.2 Å². The molecule has 0 atom stereocenters. The van der Waals surface area contributed by atoms with Crippen molar-refractivity contribution in [3.05, 3.63) is 29.3 Å². The van der Waals surface area contributed by atoms with Gasteiger partial charge in [-0.25, -0.2) is 9.59 Å². The largest absolute Gasteiger partial charge is 0.465 e. The second-order valence-corrected chi connectivity index (χ2v) is 7.81. The van der Waals surface area contributed by atoms with Gasteiger partial charge in [-0.2, -0.15) is 0 Å². The first-order valence-corrected chi connectivity index (χ1v) is 9.13. The first-order valence-electron chi connectivity index (χ1n) is 9.13. The fourth-order valence-electron chi connectivity index (χ4n) is 3.20. The molecule has 0 radical (unpaired) electrons. The molecule has 2 N–H and O–H groups in total. The van der Waals surface area contributed by atoms with Gasteiger partial charge in [-0.15, -0.1) is 0 Å². The minimum absolute atomic E-state index is 0.144. The third kappa shape index (κ3) is 5.64. The quantitative estimate of drug-likeness (QED) is 0.791. The number of carbonyl (C=O) groups is 2. The molecule has 1 fully saturated rings. The van der Waals surface area contributed by atoms with E-state index in [0.29, 0.717) is 11.6 Å². The van der Waals surface area contributed by atoms with Crippen molar-refractivity contribution < 1.29 is 19.1 Å². The van der Waals surface area contributed by atoms with Crippen molar-refractivity contribution in [2.24, 2.45) is 0 Å². The highest BCUT2D eigenvalue weighted by molar-refractivity contribution is 5.92. The minimum atomic E-state index is -0.481. The number of esters is 1. The monoisotopic (exact) mass is 362 g/mol. The summed E-state index contributed by atoms with van der Waals surface area (Å²) >= 11 is 0. The Hall–Kier alpha value is -2.24. The maximum absolute atomic E-state index is 11.9. The molecule has 1 aliphatic carbocycles. The van der Waals surface area contributed by atoms with Crippen molar-refractivity contribution in [1.82, 2.24) is 5.32 Å². The van der Waals surface area contributed by atoms with Gasteiger partial charge in [-0.3, -0.25) is 0 Å². The first kappa shape index (κ1) is 20.1. The van der Waals surface area contributed by atoms with Crippen LogP contribution in [0.3, 0.4) is 0 Å². The number of hydrogen-bond acceptors (Lipinski definition) is 5. The first-order chi connectivity index (χ1) is 12.2. The number of carbonyl (C=O) groups excluding carboxylic acids is 2. The third-order valence-electron chi connectivity index (χ3n) is 4.55. The smallest absolute Gasteiger partial charge is 0.407 e. The van der Waals surface area contributed by atoms with Crippen molar-refractivity contribution in [1.29, 1.82) is 0 Å². The second-order valence-electron chi connectivity index (χ2n) is 7.81. The summed E-state index contributed by atoms with van der Waals surface area (Å²) in [5.41, 5.74) is 1.95. The van der Waals surface area contributed by atoms with E-state index in [4.69, 9.17) is 9.47 Å². The van der Waals surface area contributed by atoms with Crippen molar-refractivity contribution in [3.8, 4) is 0 Å². The predicted octanol–water partition coefficient (Wildman–Crippen LogP) is 4.03. The van der Waals surface area contributed by atoms with E-state index in [9.17, 15) is 9.59 Å². The average molecular weight is 362 g/mol. The number of alkyl carbamates (subject to hydrolysis) is 1. The van der Waals surface area contributed by atoms with Gasteiger partial charge in [0.1, 0.15) is 5.60 Å². The van der Waals surface area contributed by atoms with Gasteiger partial charge < -0.3 is 20.1 Å². The molecule has 1 aromatic carbocycles. The van der Waals surface area contributed by atoms with E-state index in [-0.39, 0.29) is 18.1 Å². The van der Waals surface area contributed by atoms with E-state index in [2.05, 4.69) is 10.6 Å². The Balaban J connectivity index is 1.88. The SMILES string of the molecule is COC(=O)c1cccc(NC2CCC(NC(=O)OC(C)(C)C)CC2)c1C. The van der Waals surface area contributed by atoms with Crippen LogP contribution in [0.5, 0.6) is 0 Å². The fraction of sp³-hybridized carbons (Fsp3) is 0.600. The van der Waals surface area contributed by atoms with Gasteiger partial charge in [0.05, 0.1) is 12.7 Å². The Kier molecular flexibility index (Phi) is 6.51. The number of amides is 1. The van der Waals surface area contributed by atoms with Crippen molar-refractivity contribution in [2.75, 3.05) is 12.4 Å². The lowest BCUT2D eigenvalue weighted by atomic mass is 9.90. The summed E-state index contributed by atoms with van der Waals surface area (Å²) in [6.07, 6.45) is 3.33. The second kappa shape index (κ2) is 8.43. The number of hydrogen-bond donors (Lipinski definition) is 2. The van der Waals surface area contributed by atoms with Crippen LogP contribution in [0.2, 0.25) is 0 Å². The Morgan fingerprint density at radius 3 is 2.27 bits per heavy atom. The highest BCUT2D eigenvalue weighted by atomic mass is 16.6. The third-order valence-corrected chi connectivity index (χ3v) is 4.55. The van der Waals surface area contributed by atoms with E-state index in [0.717, 1.165) is 36.9 Å². The zero-order valence-corrected chi connectivity index (χ0v) is 16.3. The molecule has 0 aromatic heterocycles. The topological polar surface area (TPSA) is 76.7 Å². The molecule has 0 spiro atoms.